The average molecular weight is 576 g/mol. The molecule has 1 aromatic carbocycles. The fourth-order valence-corrected chi connectivity index (χ4v) is 4.39. The average Bonchev–Trinajstić information content (AvgIpc) is 2.94. The molecule has 3 aromatic heterocycles. The zero-order chi connectivity index (χ0) is 30.1. The minimum Gasteiger partial charge on any atom is -0.486 e. The van der Waals surface area contributed by atoms with E-state index in [1.165, 1.54) is 29.2 Å². The smallest absolute Gasteiger partial charge is 0.268 e. The first-order chi connectivity index (χ1) is 19.7. The number of nitriles is 1. The van der Waals surface area contributed by atoms with Gasteiger partial charge in [0, 0.05) is 48.6 Å². The van der Waals surface area contributed by atoms with Crippen LogP contribution in [0.4, 0.5) is 0 Å². The zero-order valence-electron chi connectivity index (χ0n) is 24.1. The van der Waals surface area contributed by atoms with Gasteiger partial charge in [-0.1, -0.05) is 44.0 Å². The number of hydrazine groups is 1. The first kappa shape index (κ1) is 31.1. The molecule has 11 heteroatoms. The van der Waals surface area contributed by atoms with Gasteiger partial charge >= 0.3 is 0 Å². The van der Waals surface area contributed by atoms with E-state index in [1.807, 2.05) is 37.3 Å². The molecule has 4 rings (SSSR count). The van der Waals surface area contributed by atoms with E-state index in [9.17, 15) is 10.1 Å². The summed E-state index contributed by atoms with van der Waals surface area (Å²) in [6, 6.07) is 14.1. The minimum atomic E-state index is -0.429. The van der Waals surface area contributed by atoms with Crippen LogP contribution in [0.2, 0.25) is 5.02 Å². The molecule has 0 amide bonds. The van der Waals surface area contributed by atoms with Crippen molar-refractivity contribution in [3.63, 3.8) is 0 Å². The van der Waals surface area contributed by atoms with Gasteiger partial charge in [0.1, 0.15) is 35.3 Å². The second-order valence-electron chi connectivity index (χ2n) is 9.16. The predicted molar refractivity (Wildman–Crippen MR) is 162 cm³/mol. The minimum absolute atomic E-state index is 0.0328. The summed E-state index contributed by atoms with van der Waals surface area (Å²) >= 11 is 6.62. The lowest BCUT2D eigenvalue weighted by Crippen LogP contribution is -2.34. The quantitative estimate of drug-likeness (QED) is 0.143. The maximum atomic E-state index is 12.7. The molecule has 0 atom stereocenters. The number of benzene rings is 1. The summed E-state index contributed by atoms with van der Waals surface area (Å²) in [4.78, 5) is 26.2. The number of amidine groups is 1. The summed E-state index contributed by atoms with van der Waals surface area (Å²) in [5.74, 6) is 7.45. The molecule has 4 aromatic rings. The van der Waals surface area contributed by atoms with Crippen molar-refractivity contribution in [1.82, 2.24) is 19.5 Å². The van der Waals surface area contributed by atoms with E-state index < -0.39 is 5.56 Å². The van der Waals surface area contributed by atoms with Crippen molar-refractivity contribution in [1.29, 1.82) is 5.26 Å². The van der Waals surface area contributed by atoms with Crippen LogP contribution in [0, 0.1) is 18.3 Å². The van der Waals surface area contributed by atoms with Gasteiger partial charge in [0.15, 0.2) is 0 Å². The molecule has 3 heterocycles. The highest BCUT2D eigenvalue weighted by Crippen LogP contribution is 2.31. The van der Waals surface area contributed by atoms with Crippen LogP contribution in [-0.4, -0.2) is 46.6 Å². The maximum absolute atomic E-state index is 12.7. The Morgan fingerprint density at radius 1 is 1.22 bits per heavy atom. The Balaban J connectivity index is 0.00000147. The van der Waals surface area contributed by atoms with Gasteiger partial charge in [-0.25, -0.2) is 15.8 Å². The van der Waals surface area contributed by atoms with Crippen molar-refractivity contribution >= 4 is 28.3 Å². The molecule has 0 unspecified atom stereocenters. The molecule has 214 valence electrons. The summed E-state index contributed by atoms with van der Waals surface area (Å²) in [6.45, 7) is 6.26. The Kier molecular flexibility index (Phi) is 10.8. The van der Waals surface area contributed by atoms with Crippen LogP contribution in [0.3, 0.4) is 0 Å². The second-order valence-corrected chi connectivity index (χ2v) is 9.56. The molecule has 0 aliphatic rings. The molecule has 0 spiro atoms. The number of aliphatic imine (C=N–C) groups is 1. The number of aryl methyl sites for hydroxylation is 1. The Labute approximate surface area is 244 Å². The van der Waals surface area contributed by atoms with E-state index >= 15 is 0 Å². The number of fused-ring (bicyclic) bond motifs is 1. The van der Waals surface area contributed by atoms with E-state index in [1.54, 1.807) is 32.4 Å². The molecule has 0 bridgehead atoms. The van der Waals surface area contributed by atoms with Gasteiger partial charge in [0.2, 0.25) is 5.88 Å². The monoisotopic (exact) mass is 575 g/mol. The van der Waals surface area contributed by atoms with E-state index in [4.69, 9.17) is 31.9 Å². The van der Waals surface area contributed by atoms with Gasteiger partial charge in [-0.3, -0.25) is 14.8 Å². The van der Waals surface area contributed by atoms with Crippen molar-refractivity contribution < 1.29 is 9.47 Å². The molecule has 0 aliphatic heterocycles. The zero-order valence-corrected chi connectivity index (χ0v) is 24.9. The van der Waals surface area contributed by atoms with Crippen molar-refractivity contribution in [2.24, 2.45) is 10.8 Å². The topological polar surface area (TPSA) is 132 Å². The molecule has 0 saturated heterocycles. The SMILES string of the molecule is CCC.CN=C(c1cc(C)nc2c(OCc3c(Cl)cc(OC)nc3Cn3cccc(C#N)c3=O)cccc12)N(C)N. The van der Waals surface area contributed by atoms with Crippen molar-refractivity contribution in [2.75, 3.05) is 21.2 Å². The van der Waals surface area contributed by atoms with Gasteiger partial charge in [0.05, 0.1) is 24.4 Å². The number of rotatable bonds is 7. The van der Waals surface area contributed by atoms with Crippen LogP contribution in [0.25, 0.3) is 10.9 Å². The number of nitrogens with zero attached hydrogens (tertiary/aromatic N) is 6. The van der Waals surface area contributed by atoms with Gasteiger partial charge in [-0.15, -0.1) is 0 Å². The number of para-hydroxylation sites is 1. The van der Waals surface area contributed by atoms with E-state index in [0.29, 0.717) is 39.3 Å². The molecule has 10 nitrogen and oxygen atoms in total. The molecule has 0 aliphatic carbocycles. The molecular weight excluding hydrogens is 542 g/mol. The van der Waals surface area contributed by atoms with Gasteiger partial charge < -0.3 is 14.0 Å². The highest BCUT2D eigenvalue weighted by atomic mass is 35.5. The van der Waals surface area contributed by atoms with Crippen LogP contribution in [0.15, 0.2) is 58.4 Å². The van der Waals surface area contributed by atoms with Crippen LogP contribution in [-0.2, 0) is 13.2 Å². The van der Waals surface area contributed by atoms with E-state index in [0.717, 1.165) is 16.6 Å². The molecule has 0 fully saturated rings. The van der Waals surface area contributed by atoms with Crippen molar-refractivity contribution in [3.05, 3.63) is 92.1 Å². The lowest BCUT2D eigenvalue weighted by Gasteiger charge is -2.19. The van der Waals surface area contributed by atoms with Crippen molar-refractivity contribution in [2.45, 2.75) is 40.3 Å². The largest absolute Gasteiger partial charge is 0.486 e. The number of hydrogen-bond acceptors (Lipinski definition) is 8. The standard InChI is InChI=1S/C27H26ClN7O3.C3H8/c1-16-11-19(26(31-2)34(3)30)18-8-5-9-23(25(18)32-16)38-15-20-21(28)12-24(37-4)33-22(20)14-35-10-6-7-17(13-29)27(35)36;1-3-2/h5-12H,14-15,30H2,1-4H3;3H2,1-2H3. The summed E-state index contributed by atoms with van der Waals surface area (Å²) in [5.41, 5.74) is 2.89. The van der Waals surface area contributed by atoms with Crippen molar-refractivity contribution in [3.8, 4) is 17.7 Å². The normalized spacial score (nSPS) is 11.0. The number of hydrogen-bond donors (Lipinski definition) is 1. The van der Waals surface area contributed by atoms with Crippen LogP contribution in [0.1, 0.15) is 48.3 Å². The van der Waals surface area contributed by atoms with Gasteiger partial charge in [-0.2, -0.15) is 5.26 Å². The number of ether oxygens (including phenoxy) is 2. The Morgan fingerprint density at radius 3 is 2.59 bits per heavy atom. The van der Waals surface area contributed by atoms with Crippen LogP contribution >= 0.6 is 11.6 Å². The predicted octanol–water partition coefficient (Wildman–Crippen LogP) is 4.86. The molecule has 41 heavy (non-hydrogen) atoms. The Bertz CT molecular complexity index is 1660. The first-order valence-corrected chi connectivity index (χ1v) is 13.4. The lowest BCUT2D eigenvalue weighted by atomic mass is 10.1. The van der Waals surface area contributed by atoms with E-state index in [-0.39, 0.29) is 18.7 Å². The second kappa shape index (κ2) is 14.3. The van der Waals surface area contributed by atoms with Gasteiger partial charge in [0.25, 0.3) is 5.56 Å². The number of pyridine rings is 3. The molecule has 0 radical (unpaired) electrons. The maximum Gasteiger partial charge on any atom is 0.268 e. The highest BCUT2D eigenvalue weighted by molar-refractivity contribution is 6.31. The first-order valence-electron chi connectivity index (χ1n) is 13.0. The summed E-state index contributed by atoms with van der Waals surface area (Å²) in [6.07, 6.45) is 2.84. The lowest BCUT2D eigenvalue weighted by molar-refractivity contribution is 0.306. The Morgan fingerprint density at radius 2 is 1.95 bits per heavy atom. The number of methoxy groups -OCH3 is 1. The fraction of sp³-hybridized carbons (Fsp3) is 0.300. The number of halogens is 1. The van der Waals surface area contributed by atoms with Gasteiger partial charge in [-0.05, 0) is 31.2 Å². The van der Waals surface area contributed by atoms with E-state index in [2.05, 4.69) is 23.8 Å². The summed E-state index contributed by atoms with van der Waals surface area (Å²) in [7, 11) is 4.88. The third-order valence-electron chi connectivity index (χ3n) is 5.89. The summed E-state index contributed by atoms with van der Waals surface area (Å²) in [5, 5.41) is 11.9. The van der Waals surface area contributed by atoms with Crippen LogP contribution in [0.5, 0.6) is 11.6 Å². The molecular formula is C30H34ClN7O3. The highest BCUT2D eigenvalue weighted by Gasteiger charge is 2.18. The fourth-order valence-electron chi connectivity index (χ4n) is 4.13. The number of nitrogens with two attached hydrogens (primary N) is 1. The Hall–Kier alpha value is -4.46. The third-order valence-corrected chi connectivity index (χ3v) is 6.23. The molecule has 2 N–H and O–H groups in total. The molecule has 0 saturated carbocycles. The van der Waals surface area contributed by atoms with Crippen LogP contribution < -0.4 is 20.9 Å². The number of aromatic nitrogens is 3. The summed E-state index contributed by atoms with van der Waals surface area (Å²) < 4.78 is 12.9. The third kappa shape index (κ3) is 7.20.